The number of phosphoric acid groups is 1. The SMILES string of the molecule is CCCCCCCC/C=C/CCCCCCCCCCCCCCCCCC(=O)NC(COP(=O)([O-])OCC[N+](C)(C)C)C(/C=C/CCCCCCCCCCCC)OC(=O)CCCCCCCCCCCCCCCCCCCCCCCCC. The third-order valence-corrected chi connectivity index (χ3v) is 18.6. The van der Waals surface area contributed by atoms with Gasteiger partial charge < -0.3 is 28.5 Å². The van der Waals surface area contributed by atoms with Crippen LogP contribution in [0.15, 0.2) is 24.3 Å². The van der Waals surface area contributed by atoms with E-state index in [0.717, 1.165) is 57.8 Å². The van der Waals surface area contributed by atoms with Crippen LogP contribution in [-0.2, 0) is 27.9 Å². The number of amides is 1. The van der Waals surface area contributed by atoms with Crippen molar-refractivity contribution in [2.45, 2.75) is 412 Å². The molecule has 0 spiro atoms. The standard InChI is InChI=1S/C76H149N2O7P/c1-7-10-13-16-19-22-25-28-30-32-34-36-38-39-41-42-44-46-48-50-53-56-59-62-65-68-75(79)77-73(72-84-86(81,82)83-71-70-78(4,5)6)74(67-64-61-58-55-52-27-24-21-18-15-12-9-3)85-76(80)69-66-63-60-57-54-51-49-47-45-43-40-37-35-33-31-29-26-23-20-17-14-11-8-2/h28,30,64,67,73-74H,7-27,29,31-63,65-66,68-72H2,1-6H3,(H-,77,79,81,82)/b30-28+,67-64+. The Bertz CT molecular complexity index is 1520. The smallest absolute Gasteiger partial charge is 0.306 e. The molecule has 0 aromatic heterocycles. The van der Waals surface area contributed by atoms with E-state index in [1.165, 1.54) is 308 Å². The van der Waals surface area contributed by atoms with Crippen molar-refractivity contribution in [3.63, 3.8) is 0 Å². The molecule has 10 heteroatoms. The number of esters is 1. The van der Waals surface area contributed by atoms with E-state index in [9.17, 15) is 19.0 Å². The monoisotopic (exact) mass is 1230 g/mol. The van der Waals surface area contributed by atoms with Crippen LogP contribution in [0.2, 0.25) is 0 Å². The molecule has 0 rings (SSSR count). The maximum Gasteiger partial charge on any atom is 0.306 e. The van der Waals surface area contributed by atoms with E-state index in [4.69, 9.17) is 13.8 Å². The van der Waals surface area contributed by atoms with E-state index >= 15 is 0 Å². The van der Waals surface area contributed by atoms with Gasteiger partial charge in [0.05, 0.1) is 33.8 Å². The van der Waals surface area contributed by atoms with Crippen LogP contribution in [-0.4, -0.2) is 69.4 Å². The van der Waals surface area contributed by atoms with Gasteiger partial charge in [0, 0.05) is 12.8 Å². The molecule has 3 atom stereocenters. The van der Waals surface area contributed by atoms with Crippen LogP contribution in [0.1, 0.15) is 400 Å². The minimum atomic E-state index is -4.70. The van der Waals surface area contributed by atoms with E-state index in [-0.39, 0.29) is 31.5 Å². The first kappa shape index (κ1) is 84.5. The summed E-state index contributed by atoms with van der Waals surface area (Å²) in [5.74, 6) is -0.514. The molecule has 3 unspecified atom stereocenters. The van der Waals surface area contributed by atoms with E-state index in [2.05, 4.69) is 38.2 Å². The lowest BCUT2D eigenvalue weighted by Crippen LogP contribution is -2.47. The van der Waals surface area contributed by atoms with Crippen LogP contribution in [0.5, 0.6) is 0 Å². The van der Waals surface area contributed by atoms with E-state index in [1.807, 2.05) is 33.3 Å². The van der Waals surface area contributed by atoms with Crippen LogP contribution < -0.4 is 10.2 Å². The molecular formula is C76H149N2O7P. The second-order valence-electron chi connectivity index (χ2n) is 27.5. The van der Waals surface area contributed by atoms with Crippen LogP contribution in [0.3, 0.4) is 0 Å². The Morgan fingerprint density at radius 3 is 0.988 bits per heavy atom. The molecule has 9 nitrogen and oxygen atoms in total. The topological polar surface area (TPSA) is 114 Å². The van der Waals surface area contributed by atoms with Crippen molar-refractivity contribution < 1.29 is 37.3 Å². The average Bonchev–Trinajstić information content (AvgIpc) is 3.69. The Balaban J connectivity index is 4.94. The average molecular weight is 1230 g/mol. The molecule has 0 radical (unpaired) electrons. The Labute approximate surface area is 536 Å². The zero-order valence-electron chi connectivity index (χ0n) is 58.6. The molecular weight excluding hydrogens is 1080 g/mol. The maximum atomic E-state index is 13.6. The molecule has 0 fully saturated rings. The predicted octanol–water partition coefficient (Wildman–Crippen LogP) is 23.8. The number of ether oxygens (including phenoxy) is 1. The summed E-state index contributed by atoms with van der Waals surface area (Å²) in [7, 11) is 1.21. The fourth-order valence-electron chi connectivity index (χ4n) is 11.8. The first-order valence-corrected chi connectivity index (χ1v) is 39.6. The Hall–Kier alpha value is -1.51. The third kappa shape index (κ3) is 66.9. The lowest BCUT2D eigenvalue weighted by Gasteiger charge is -2.30. The van der Waals surface area contributed by atoms with Crippen molar-refractivity contribution >= 4 is 19.7 Å². The highest BCUT2D eigenvalue weighted by Gasteiger charge is 2.27. The maximum absolute atomic E-state index is 13.6. The number of hydrogen-bond acceptors (Lipinski definition) is 7. The number of phosphoric ester groups is 1. The van der Waals surface area contributed by atoms with Crippen LogP contribution in [0, 0.1) is 0 Å². The van der Waals surface area contributed by atoms with Crippen molar-refractivity contribution in [1.82, 2.24) is 5.32 Å². The first-order chi connectivity index (χ1) is 41.9. The second kappa shape index (κ2) is 66.4. The normalized spacial score (nSPS) is 13.5. The van der Waals surface area contributed by atoms with Crippen LogP contribution >= 0.6 is 7.82 Å². The molecule has 0 aromatic rings. The van der Waals surface area contributed by atoms with Gasteiger partial charge in [0.15, 0.2) is 0 Å². The van der Waals surface area contributed by atoms with Gasteiger partial charge in [-0.3, -0.25) is 14.2 Å². The number of nitrogens with one attached hydrogen (secondary N) is 1. The fourth-order valence-corrected chi connectivity index (χ4v) is 12.5. The van der Waals surface area contributed by atoms with Gasteiger partial charge in [0.25, 0.3) is 7.82 Å². The van der Waals surface area contributed by atoms with Gasteiger partial charge in [0.2, 0.25) is 5.91 Å². The van der Waals surface area contributed by atoms with Crippen molar-refractivity contribution in [2.24, 2.45) is 0 Å². The fraction of sp³-hybridized carbons (Fsp3) is 0.921. The Morgan fingerprint density at radius 2 is 0.674 bits per heavy atom. The summed E-state index contributed by atoms with van der Waals surface area (Å²) in [5.41, 5.74) is 0. The van der Waals surface area contributed by atoms with Crippen LogP contribution in [0.4, 0.5) is 0 Å². The van der Waals surface area contributed by atoms with Crippen molar-refractivity contribution in [1.29, 1.82) is 0 Å². The van der Waals surface area contributed by atoms with Gasteiger partial charge >= 0.3 is 5.97 Å². The largest absolute Gasteiger partial charge is 0.756 e. The molecule has 0 aromatic carbocycles. The molecule has 1 N–H and O–H groups in total. The quantitative estimate of drug-likeness (QED) is 0.0212. The highest BCUT2D eigenvalue weighted by atomic mass is 31.2. The lowest BCUT2D eigenvalue weighted by molar-refractivity contribution is -0.870. The molecule has 1 amide bonds. The van der Waals surface area contributed by atoms with Gasteiger partial charge in [-0.15, -0.1) is 0 Å². The summed E-state index contributed by atoms with van der Waals surface area (Å²) in [4.78, 5) is 40.3. The summed E-state index contributed by atoms with van der Waals surface area (Å²) in [6.45, 7) is 6.92. The number of hydrogen-bond donors (Lipinski definition) is 1. The molecule has 0 saturated carbocycles. The minimum Gasteiger partial charge on any atom is -0.756 e. The van der Waals surface area contributed by atoms with Gasteiger partial charge in [-0.2, -0.15) is 0 Å². The highest BCUT2D eigenvalue weighted by Crippen LogP contribution is 2.38. The van der Waals surface area contributed by atoms with E-state index in [1.54, 1.807) is 0 Å². The second-order valence-corrected chi connectivity index (χ2v) is 28.9. The molecule has 86 heavy (non-hydrogen) atoms. The molecule has 0 bridgehead atoms. The van der Waals surface area contributed by atoms with Crippen molar-refractivity contribution in [2.75, 3.05) is 40.9 Å². The molecule has 0 aliphatic rings. The van der Waals surface area contributed by atoms with Crippen molar-refractivity contribution in [3.05, 3.63) is 24.3 Å². The van der Waals surface area contributed by atoms with Gasteiger partial charge in [-0.05, 0) is 57.4 Å². The van der Waals surface area contributed by atoms with Gasteiger partial charge in [-0.25, -0.2) is 0 Å². The number of unbranched alkanes of at least 4 members (excludes halogenated alkanes) is 53. The summed E-state index contributed by atoms with van der Waals surface area (Å²) in [6.07, 6.45) is 81.7. The number of nitrogens with zero attached hydrogens (tertiary/aromatic N) is 1. The summed E-state index contributed by atoms with van der Waals surface area (Å²) >= 11 is 0. The van der Waals surface area contributed by atoms with Gasteiger partial charge in [-0.1, -0.05) is 354 Å². The number of carbonyl (C=O) groups is 2. The molecule has 0 aliphatic heterocycles. The molecule has 0 heterocycles. The number of quaternary nitrogens is 1. The number of rotatable bonds is 71. The third-order valence-electron chi connectivity index (χ3n) is 17.6. The van der Waals surface area contributed by atoms with Gasteiger partial charge in [0.1, 0.15) is 19.3 Å². The minimum absolute atomic E-state index is 0.0177. The highest BCUT2D eigenvalue weighted by molar-refractivity contribution is 7.45. The number of allylic oxidation sites excluding steroid dienone is 3. The zero-order chi connectivity index (χ0) is 62.8. The Morgan fingerprint density at radius 1 is 0.395 bits per heavy atom. The Kier molecular flexibility index (Phi) is 65.2. The van der Waals surface area contributed by atoms with Crippen LogP contribution in [0.25, 0.3) is 0 Å². The summed E-state index contributed by atoms with van der Waals surface area (Å²) in [5, 5.41) is 3.06. The number of likely N-dealkylation sites (N-methyl/N-ethyl adjacent to an activating group) is 1. The number of carbonyl (C=O) groups excluding carboxylic acids is 2. The zero-order valence-corrected chi connectivity index (χ0v) is 59.5. The predicted molar refractivity (Wildman–Crippen MR) is 372 cm³/mol. The summed E-state index contributed by atoms with van der Waals surface area (Å²) in [6, 6.07) is -0.883. The first-order valence-electron chi connectivity index (χ1n) is 38.1. The molecule has 0 aliphatic carbocycles. The van der Waals surface area contributed by atoms with E-state index < -0.39 is 20.0 Å². The molecule has 510 valence electrons. The van der Waals surface area contributed by atoms with E-state index in [0.29, 0.717) is 17.4 Å². The molecule has 0 saturated heterocycles. The lowest BCUT2D eigenvalue weighted by atomic mass is 10.0. The summed E-state index contributed by atoms with van der Waals surface area (Å²) < 4.78 is 30.5. The van der Waals surface area contributed by atoms with Crippen molar-refractivity contribution in [3.8, 4) is 0 Å².